The Kier molecular flexibility index (Phi) is 6.55. The number of alkyl carbamates (subject to hydrolysis) is 1. The van der Waals surface area contributed by atoms with Gasteiger partial charge >= 0.3 is 12.1 Å². The summed E-state index contributed by atoms with van der Waals surface area (Å²) in [5.41, 5.74) is 1.28. The van der Waals surface area contributed by atoms with Crippen molar-refractivity contribution >= 4 is 23.3 Å². The summed E-state index contributed by atoms with van der Waals surface area (Å²) < 4.78 is 27.3. The zero-order valence-corrected chi connectivity index (χ0v) is 21.2. The number of hydrogen-bond donors (Lipinski definition) is 1. The highest BCUT2D eigenvalue weighted by atomic mass is 19.1. The van der Waals surface area contributed by atoms with Crippen molar-refractivity contribution in [2.24, 2.45) is 5.92 Å². The standard InChI is InChI=1S/C26H34FN3O5/c1-7-34-24(32)18-10-17(16-8-9-16)21-15(3)22(19(27)12-30(21)23(18)31)29-11-14(2)20(13-29)28-25(33)35-26(4,5)6/h10,12,14,16,20H,7-9,11,13H2,1-6H3,(H,28,33)/t14-,20-/m0/s1. The first-order valence-electron chi connectivity index (χ1n) is 12.2. The number of anilines is 1. The van der Waals surface area contributed by atoms with Gasteiger partial charge in [-0.2, -0.15) is 0 Å². The first-order valence-corrected chi connectivity index (χ1v) is 12.2. The van der Waals surface area contributed by atoms with Crippen molar-refractivity contribution < 1.29 is 23.5 Å². The smallest absolute Gasteiger partial charge is 0.407 e. The number of amides is 1. The van der Waals surface area contributed by atoms with E-state index in [9.17, 15) is 14.4 Å². The van der Waals surface area contributed by atoms with Gasteiger partial charge in [-0.15, -0.1) is 0 Å². The highest BCUT2D eigenvalue weighted by Gasteiger charge is 2.36. The molecule has 1 aliphatic heterocycles. The second-order valence-electron chi connectivity index (χ2n) is 10.6. The Hall–Kier alpha value is -3.10. The molecule has 1 N–H and O–H groups in total. The van der Waals surface area contributed by atoms with Gasteiger partial charge in [0.25, 0.3) is 5.56 Å². The molecule has 2 atom stereocenters. The molecule has 1 aliphatic carbocycles. The van der Waals surface area contributed by atoms with E-state index in [2.05, 4.69) is 5.32 Å². The van der Waals surface area contributed by atoms with Gasteiger partial charge in [-0.25, -0.2) is 14.0 Å². The van der Waals surface area contributed by atoms with Gasteiger partial charge in [0.15, 0.2) is 5.82 Å². The summed E-state index contributed by atoms with van der Waals surface area (Å²) in [7, 11) is 0. The Morgan fingerprint density at radius 3 is 2.51 bits per heavy atom. The Morgan fingerprint density at radius 2 is 1.91 bits per heavy atom. The predicted octanol–water partition coefficient (Wildman–Crippen LogP) is 4.15. The number of nitrogens with one attached hydrogen (secondary N) is 1. The first-order chi connectivity index (χ1) is 16.4. The van der Waals surface area contributed by atoms with Crippen LogP contribution in [-0.2, 0) is 9.47 Å². The number of rotatable bonds is 5. The molecule has 2 aromatic rings. The fourth-order valence-electron chi connectivity index (χ4n) is 4.89. The fraction of sp³-hybridized carbons (Fsp3) is 0.577. The van der Waals surface area contributed by atoms with E-state index in [1.54, 1.807) is 33.8 Å². The van der Waals surface area contributed by atoms with Crippen LogP contribution in [-0.4, -0.2) is 47.8 Å². The van der Waals surface area contributed by atoms with Gasteiger partial charge in [-0.3, -0.25) is 9.20 Å². The molecule has 1 saturated heterocycles. The molecule has 2 aliphatic rings. The number of halogens is 1. The number of fused-ring (bicyclic) bond motifs is 1. The van der Waals surface area contributed by atoms with Gasteiger partial charge in [0, 0.05) is 13.1 Å². The molecule has 35 heavy (non-hydrogen) atoms. The molecule has 1 saturated carbocycles. The summed E-state index contributed by atoms with van der Waals surface area (Å²) in [5, 5.41) is 2.91. The molecule has 2 aromatic heterocycles. The van der Waals surface area contributed by atoms with Crippen LogP contribution in [0.4, 0.5) is 14.9 Å². The molecular formula is C26H34FN3O5. The Bertz CT molecular complexity index is 1230. The van der Waals surface area contributed by atoms with Crippen molar-refractivity contribution in [1.29, 1.82) is 0 Å². The fourth-order valence-corrected chi connectivity index (χ4v) is 4.89. The Morgan fingerprint density at radius 1 is 1.23 bits per heavy atom. The second-order valence-corrected chi connectivity index (χ2v) is 10.6. The minimum Gasteiger partial charge on any atom is -0.462 e. The number of pyridine rings is 2. The zero-order valence-electron chi connectivity index (χ0n) is 21.2. The van der Waals surface area contributed by atoms with E-state index in [0.29, 0.717) is 29.9 Å². The number of carbonyl (C=O) groups is 2. The van der Waals surface area contributed by atoms with Crippen LogP contribution in [0.25, 0.3) is 5.52 Å². The second kappa shape index (κ2) is 9.17. The zero-order chi connectivity index (χ0) is 25.7. The van der Waals surface area contributed by atoms with Crippen LogP contribution in [0.15, 0.2) is 17.1 Å². The van der Waals surface area contributed by atoms with E-state index < -0.39 is 29.0 Å². The van der Waals surface area contributed by atoms with Crippen LogP contribution in [0, 0.1) is 18.7 Å². The number of ether oxygens (including phenoxy) is 2. The summed E-state index contributed by atoms with van der Waals surface area (Å²) in [5.74, 6) is -0.964. The predicted molar refractivity (Wildman–Crippen MR) is 131 cm³/mol. The molecule has 0 spiro atoms. The number of carbonyl (C=O) groups excluding carboxylic acids is 2. The molecule has 2 fully saturated rings. The van der Waals surface area contributed by atoms with Crippen LogP contribution in [0.2, 0.25) is 0 Å². The topological polar surface area (TPSA) is 89.3 Å². The molecule has 0 bridgehead atoms. The third kappa shape index (κ3) is 4.99. The van der Waals surface area contributed by atoms with Crippen molar-refractivity contribution in [3.05, 3.63) is 45.1 Å². The SMILES string of the molecule is CCOC(=O)c1cc(C2CC2)c2c(C)c(N3C[C@H](NC(=O)OC(C)(C)C)[C@@H](C)C3)c(F)cn2c1=O. The third-order valence-corrected chi connectivity index (χ3v) is 6.59. The normalized spacial score (nSPS) is 20.3. The van der Waals surface area contributed by atoms with Gasteiger partial charge in [0.2, 0.25) is 0 Å². The molecule has 0 unspecified atom stereocenters. The number of nitrogens with zero attached hydrogens (tertiary/aromatic N) is 2. The number of aryl methyl sites for hydroxylation is 1. The minimum absolute atomic E-state index is 0.0637. The van der Waals surface area contributed by atoms with E-state index >= 15 is 4.39 Å². The van der Waals surface area contributed by atoms with Crippen LogP contribution in [0.5, 0.6) is 0 Å². The molecule has 0 radical (unpaired) electrons. The van der Waals surface area contributed by atoms with Gasteiger partial charge in [-0.1, -0.05) is 6.92 Å². The molecule has 4 rings (SSSR count). The summed E-state index contributed by atoms with van der Waals surface area (Å²) in [6.45, 7) is 12.0. The maximum absolute atomic E-state index is 15.6. The monoisotopic (exact) mass is 487 g/mol. The number of aromatic nitrogens is 1. The number of hydrogen-bond acceptors (Lipinski definition) is 6. The van der Waals surface area contributed by atoms with Crippen molar-refractivity contribution in [1.82, 2.24) is 9.72 Å². The van der Waals surface area contributed by atoms with Gasteiger partial charge in [-0.05, 0) is 76.5 Å². The first kappa shape index (κ1) is 25.0. The summed E-state index contributed by atoms with van der Waals surface area (Å²) >= 11 is 0. The molecule has 3 heterocycles. The van der Waals surface area contributed by atoms with Crippen LogP contribution >= 0.6 is 0 Å². The minimum atomic E-state index is -0.694. The van der Waals surface area contributed by atoms with Gasteiger partial charge in [0.1, 0.15) is 11.2 Å². The average Bonchev–Trinajstić information content (AvgIpc) is 3.52. The van der Waals surface area contributed by atoms with E-state index in [1.165, 1.54) is 10.6 Å². The molecule has 190 valence electrons. The third-order valence-electron chi connectivity index (χ3n) is 6.59. The van der Waals surface area contributed by atoms with Crippen molar-refractivity contribution in [3.8, 4) is 0 Å². The maximum Gasteiger partial charge on any atom is 0.407 e. The Labute approximate surface area is 204 Å². The molecular weight excluding hydrogens is 453 g/mol. The quantitative estimate of drug-likeness (QED) is 0.638. The summed E-state index contributed by atoms with van der Waals surface area (Å²) in [6.07, 6.45) is 2.57. The van der Waals surface area contributed by atoms with Crippen molar-refractivity contribution in [2.75, 3.05) is 24.6 Å². The van der Waals surface area contributed by atoms with E-state index in [1.807, 2.05) is 18.7 Å². The lowest BCUT2D eigenvalue weighted by Gasteiger charge is -2.25. The van der Waals surface area contributed by atoms with Crippen LogP contribution < -0.4 is 15.8 Å². The lowest BCUT2D eigenvalue weighted by Crippen LogP contribution is -2.42. The Balaban J connectivity index is 1.73. The summed E-state index contributed by atoms with van der Waals surface area (Å²) in [6, 6.07) is 1.41. The van der Waals surface area contributed by atoms with Crippen molar-refractivity contribution in [2.45, 2.75) is 71.9 Å². The molecule has 0 aromatic carbocycles. The van der Waals surface area contributed by atoms with Crippen molar-refractivity contribution in [3.63, 3.8) is 0 Å². The summed E-state index contributed by atoms with van der Waals surface area (Å²) in [4.78, 5) is 39.8. The van der Waals surface area contributed by atoms with Gasteiger partial charge < -0.3 is 19.7 Å². The molecule has 8 nitrogen and oxygen atoms in total. The lowest BCUT2D eigenvalue weighted by atomic mass is 10.0. The highest BCUT2D eigenvalue weighted by Crippen LogP contribution is 2.44. The molecule has 9 heteroatoms. The molecule has 1 amide bonds. The largest absolute Gasteiger partial charge is 0.462 e. The van der Waals surface area contributed by atoms with E-state index in [0.717, 1.165) is 18.4 Å². The lowest BCUT2D eigenvalue weighted by molar-refractivity contribution is 0.0495. The van der Waals surface area contributed by atoms with E-state index in [-0.39, 0.29) is 30.0 Å². The van der Waals surface area contributed by atoms with Gasteiger partial charge in [0.05, 0.1) is 30.0 Å². The highest BCUT2D eigenvalue weighted by molar-refractivity contribution is 5.90. The van der Waals surface area contributed by atoms with Crippen LogP contribution in [0.1, 0.15) is 74.9 Å². The van der Waals surface area contributed by atoms with E-state index in [4.69, 9.17) is 9.47 Å². The van der Waals surface area contributed by atoms with Crippen LogP contribution in [0.3, 0.4) is 0 Å². The average molecular weight is 488 g/mol. The number of esters is 1. The maximum atomic E-state index is 15.6.